The molecule has 2 aromatic carbocycles. The van der Waals surface area contributed by atoms with Gasteiger partial charge in [0, 0.05) is 17.2 Å². The molecular formula is C26H22F2N2O4. The van der Waals surface area contributed by atoms with Crippen molar-refractivity contribution < 1.29 is 23.1 Å². The van der Waals surface area contributed by atoms with Gasteiger partial charge in [0.25, 0.3) is 0 Å². The molecule has 3 aromatic rings. The summed E-state index contributed by atoms with van der Waals surface area (Å²) >= 11 is 0. The number of hydrogen-bond donors (Lipinski definition) is 2. The molecule has 0 saturated heterocycles. The maximum atomic E-state index is 14.2. The minimum atomic E-state index is -1.62. The third kappa shape index (κ3) is 4.46. The van der Waals surface area contributed by atoms with E-state index in [1.165, 1.54) is 0 Å². The molecule has 0 aliphatic rings. The first kappa shape index (κ1) is 24.4. The second kappa shape index (κ2) is 9.71. The van der Waals surface area contributed by atoms with Gasteiger partial charge in [-0.05, 0) is 57.5 Å². The zero-order valence-corrected chi connectivity index (χ0v) is 19.0. The van der Waals surface area contributed by atoms with Gasteiger partial charge < -0.3 is 14.8 Å². The molecule has 0 spiro atoms. The van der Waals surface area contributed by atoms with Crippen molar-refractivity contribution in [3.8, 4) is 12.5 Å². The van der Waals surface area contributed by atoms with Crippen LogP contribution in [0.4, 0.5) is 14.5 Å². The van der Waals surface area contributed by atoms with Crippen molar-refractivity contribution in [1.29, 1.82) is 0 Å². The Morgan fingerprint density at radius 2 is 2.00 bits per heavy atom. The van der Waals surface area contributed by atoms with Crippen LogP contribution in [0.15, 0.2) is 50.6 Å². The highest BCUT2D eigenvalue weighted by Gasteiger charge is 2.23. The molecular weight excluding hydrogens is 442 g/mol. The Morgan fingerprint density at radius 3 is 2.62 bits per heavy atom. The SMILES string of the molecule is C#CN=C(/C=C\C)c1oc2c(C(C)Nc3ccc(F)c(F)c3C(=O)O)cc(C)cc2c(=O)c1C. The van der Waals surface area contributed by atoms with Crippen LogP contribution in [0.5, 0.6) is 0 Å². The molecule has 0 saturated carbocycles. The van der Waals surface area contributed by atoms with Gasteiger partial charge >= 0.3 is 5.97 Å². The van der Waals surface area contributed by atoms with Gasteiger partial charge in [-0.25, -0.2) is 13.6 Å². The molecule has 0 bridgehead atoms. The summed E-state index contributed by atoms with van der Waals surface area (Å²) in [6.07, 6.45) is 8.66. The lowest BCUT2D eigenvalue weighted by Gasteiger charge is -2.20. The van der Waals surface area contributed by atoms with Crippen LogP contribution in [0.3, 0.4) is 0 Å². The number of rotatable bonds is 6. The number of benzene rings is 2. The molecule has 6 nitrogen and oxygen atoms in total. The number of anilines is 1. The highest BCUT2D eigenvalue weighted by molar-refractivity contribution is 6.09. The van der Waals surface area contributed by atoms with E-state index in [1.54, 1.807) is 52.0 Å². The van der Waals surface area contributed by atoms with Crippen molar-refractivity contribution in [3.63, 3.8) is 0 Å². The molecule has 174 valence electrons. The largest absolute Gasteiger partial charge is 0.478 e. The van der Waals surface area contributed by atoms with E-state index in [4.69, 9.17) is 10.8 Å². The number of allylic oxidation sites excluding steroid dienone is 2. The van der Waals surface area contributed by atoms with Crippen LogP contribution in [0.25, 0.3) is 11.0 Å². The van der Waals surface area contributed by atoms with E-state index < -0.39 is 29.2 Å². The predicted molar refractivity (Wildman–Crippen MR) is 127 cm³/mol. The molecule has 0 amide bonds. The lowest BCUT2D eigenvalue weighted by molar-refractivity contribution is 0.0691. The number of terminal acetylenes is 1. The molecule has 0 aliphatic heterocycles. The van der Waals surface area contributed by atoms with Crippen molar-refractivity contribution >= 4 is 28.3 Å². The van der Waals surface area contributed by atoms with E-state index in [9.17, 15) is 23.5 Å². The monoisotopic (exact) mass is 464 g/mol. The summed E-state index contributed by atoms with van der Waals surface area (Å²) in [4.78, 5) is 28.7. The van der Waals surface area contributed by atoms with Crippen LogP contribution in [0, 0.1) is 37.9 Å². The summed E-state index contributed by atoms with van der Waals surface area (Å²) in [6.45, 7) is 6.86. The normalized spacial score (nSPS) is 12.7. The lowest BCUT2D eigenvalue weighted by Crippen LogP contribution is -2.16. The fraction of sp³-hybridized carbons (Fsp3) is 0.192. The number of halogens is 2. The van der Waals surface area contributed by atoms with Crippen LogP contribution in [0.2, 0.25) is 0 Å². The van der Waals surface area contributed by atoms with Crippen molar-refractivity contribution in [1.82, 2.24) is 0 Å². The van der Waals surface area contributed by atoms with Gasteiger partial charge in [0.15, 0.2) is 22.8 Å². The molecule has 0 fully saturated rings. The topological polar surface area (TPSA) is 91.9 Å². The minimum Gasteiger partial charge on any atom is -0.478 e. The highest BCUT2D eigenvalue weighted by Crippen LogP contribution is 2.31. The number of fused-ring (bicyclic) bond motifs is 1. The van der Waals surface area contributed by atoms with E-state index >= 15 is 0 Å². The third-order valence-electron chi connectivity index (χ3n) is 5.28. The fourth-order valence-electron chi connectivity index (χ4n) is 3.72. The number of aromatic carboxylic acids is 1. The Morgan fingerprint density at radius 1 is 1.29 bits per heavy atom. The second-order valence-electron chi connectivity index (χ2n) is 7.70. The van der Waals surface area contributed by atoms with Crippen LogP contribution in [-0.4, -0.2) is 16.8 Å². The Kier molecular flexibility index (Phi) is 6.97. The van der Waals surface area contributed by atoms with Crippen molar-refractivity contribution in [2.45, 2.75) is 33.7 Å². The van der Waals surface area contributed by atoms with Gasteiger partial charge in [-0.1, -0.05) is 18.6 Å². The molecule has 8 heteroatoms. The summed E-state index contributed by atoms with van der Waals surface area (Å²) in [5.41, 5.74) is 0.907. The maximum Gasteiger partial charge on any atom is 0.340 e. The molecule has 34 heavy (non-hydrogen) atoms. The van der Waals surface area contributed by atoms with E-state index in [0.717, 1.165) is 17.7 Å². The van der Waals surface area contributed by atoms with E-state index in [2.05, 4.69) is 16.4 Å². The van der Waals surface area contributed by atoms with Gasteiger partial charge in [-0.3, -0.25) is 4.79 Å². The second-order valence-corrected chi connectivity index (χ2v) is 7.70. The smallest absolute Gasteiger partial charge is 0.340 e. The number of aryl methyl sites for hydroxylation is 1. The van der Waals surface area contributed by atoms with Crippen LogP contribution < -0.4 is 10.7 Å². The fourth-order valence-corrected chi connectivity index (χ4v) is 3.72. The zero-order valence-electron chi connectivity index (χ0n) is 19.0. The summed E-state index contributed by atoms with van der Waals surface area (Å²) < 4.78 is 33.9. The van der Waals surface area contributed by atoms with E-state index in [1.807, 2.05) is 0 Å². The number of nitrogens with one attached hydrogen (secondary N) is 1. The predicted octanol–water partition coefficient (Wildman–Crippen LogP) is 5.52. The number of nitrogens with zero attached hydrogens (tertiary/aromatic N) is 1. The van der Waals surface area contributed by atoms with Crippen molar-refractivity contribution in [2.75, 3.05) is 5.32 Å². The Bertz CT molecular complexity index is 1460. The minimum absolute atomic E-state index is 0.119. The van der Waals surface area contributed by atoms with Gasteiger partial charge in [-0.2, -0.15) is 4.99 Å². The van der Waals surface area contributed by atoms with Gasteiger partial charge in [0.2, 0.25) is 0 Å². The van der Waals surface area contributed by atoms with Crippen molar-refractivity contribution in [2.24, 2.45) is 4.99 Å². The Labute approximate surface area is 194 Å². The quantitative estimate of drug-likeness (QED) is 0.370. The van der Waals surface area contributed by atoms with Crippen LogP contribution in [-0.2, 0) is 0 Å². The van der Waals surface area contributed by atoms with Crippen LogP contribution in [0.1, 0.15) is 52.7 Å². The summed E-state index contributed by atoms with van der Waals surface area (Å²) in [7, 11) is 0. The number of carboxylic acid groups (broad SMARTS) is 1. The van der Waals surface area contributed by atoms with Crippen molar-refractivity contribution in [3.05, 3.63) is 86.3 Å². The van der Waals surface area contributed by atoms with Gasteiger partial charge in [0.1, 0.15) is 16.9 Å². The summed E-state index contributed by atoms with van der Waals surface area (Å²) in [5, 5.41) is 12.6. The third-order valence-corrected chi connectivity index (χ3v) is 5.28. The first-order valence-electron chi connectivity index (χ1n) is 10.3. The first-order chi connectivity index (χ1) is 16.1. The first-order valence-corrected chi connectivity index (χ1v) is 10.3. The number of carboxylic acids is 1. The van der Waals surface area contributed by atoms with E-state index in [-0.39, 0.29) is 22.5 Å². The molecule has 1 heterocycles. The molecule has 0 aliphatic carbocycles. The standard InChI is InChI=1S/C26H22F2N2O4/c1-6-8-20(29-7-2)24-14(4)23(31)17-12-13(3)11-16(25(17)34-24)15(5)30-19-10-9-18(27)22(28)21(19)26(32)33/h2,6,8-12,15,30H,1,3-5H3,(H,32,33)/b8-6-,29-20?. The highest BCUT2D eigenvalue weighted by atomic mass is 19.2. The number of carbonyl (C=O) groups is 1. The van der Waals surface area contributed by atoms with Crippen LogP contribution >= 0.6 is 0 Å². The maximum absolute atomic E-state index is 14.2. The molecule has 3 rings (SSSR count). The van der Waals surface area contributed by atoms with E-state index in [0.29, 0.717) is 22.2 Å². The average molecular weight is 464 g/mol. The molecule has 1 aromatic heterocycles. The van der Waals surface area contributed by atoms with Gasteiger partial charge in [0.05, 0.1) is 17.1 Å². The Hall–Kier alpha value is -4.25. The molecule has 1 atom stereocenters. The summed E-state index contributed by atoms with van der Waals surface area (Å²) in [5.74, 6) is -4.16. The molecule has 2 N–H and O–H groups in total. The Balaban J connectivity index is 2.25. The summed E-state index contributed by atoms with van der Waals surface area (Å²) in [6, 6.07) is 6.97. The lowest BCUT2D eigenvalue weighted by atomic mass is 9.99. The molecule has 0 radical (unpaired) electrons. The number of aliphatic imine (C=N–C) groups is 1. The van der Waals surface area contributed by atoms with Gasteiger partial charge in [-0.15, -0.1) is 0 Å². The molecule has 1 unspecified atom stereocenters. The number of hydrogen-bond acceptors (Lipinski definition) is 5. The zero-order chi connectivity index (χ0) is 25.2. The average Bonchev–Trinajstić information content (AvgIpc) is 2.78.